The first kappa shape index (κ1) is 13.1. The van der Waals surface area contributed by atoms with Crippen LogP contribution in [0.2, 0.25) is 0 Å². The number of hydrogen-bond donors (Lipinski definition) is 0. The maximum absolute atomic E-state index is 13.6. The van der Waals surface area contributed by atoms with E-state index >= 15 is 0 Å². The standard InChI is InChI=1S/C12H14F4N2/c1-2-3-6-18(7-4-5-7)10-8(13)11(15)17-12(16)9(10)14/h7H,2-6H2,1H3. The summed E-state index contributed by atoms with van der Waals surface area (Å²) >= 11 is 0. The molecular weight excluding hydrogens is 248 g/mol. The maximum atomic E-state index is 13.6. The van der Waals surface area contributed by atoms with Crippen LogP contribution in [0.5, 0.6) is 0 Å². The minimum Gasteiger partial charge on any atom is -0.364 e. The van der Waals surface area contributed by atoms with Gasteiger partial charge >= 0.3 is 0 Å². The highest BCUT2D eigenvalue weighted by Gasteiger charge is 2.34. The van der Waals surface area contributed by atoms with Crippen LogP contribution in [0.1, 0.15) is 32.6 Å². The van der Waals surface area contributed by atoms with Crippen molar-refractivity contribution in [3.63, 3.8) is 0 Å². The zero-order valence-corrected chi connectivity index (χ0v) is 10.0. The molecule has 0 atom stereocenters. The summed E-state index contributed by atoms with van der Waals surface area (Å²) in [5.41, 5.74) is -0.615. The lowest BCUT2D eigenvalue weighted by atomic mass is 10.2. The number of anilines is 1. The van der Waals surface area contributed by atoms with Gasteiger partial charge in [0.05, 0.1) is 0 Å². The predicted octanol–water partition coefficient (Wildman–Crippen LogP) is 3.41. The average molecular weight is 262 g/mol. The molecule has 1 aromatic heterocycles. The molecule has 1 saturated carbocycles. The van der Waals surface area contributed by atoms with Crippen molar-refractivity contribution in [2.45, 2.75) is 38.6 Å². The molecule has 1 heterocycles. The van der Waals surface area contributed by atoms with Crippen LogP contribution >= 0.6 is 0 Å². The Hall–Kier alpha value is -1.33. The van der Waals surface area contributed by atoms with Crippen molar-refractivity contribution in [2.75, 3.05) is 11.4 Å². The van der Waals surface area contributed by atoms with E-state index in [-0.39, 0.29) is 6.04 Å². The van der Waals surface area contributed by atoms with E-state index < -0.39 is 29.2 Å². The van der Waals surface area contributed by atoms with E-state index in [0.29, 0.717) is 13.0 Å². The summed E-state index contributed by atoms with van der Waals surface area (Å²) in [5.74, 6) is -5.99. The Morgan fingerprint density at radius 1 is 1.11 bits per heavy atom. The van der Waals surface area contributed by atoms with Crippen molar-refractivity contribution in [3.05, 3.63) is 23.5 Å². The van der Waals surface area contributed by atoms with Crippen molar-refractivity contribution in [1.29, 1.82) is 0 Å². The maximum Gasteiger partial charge on any atom is 0.253 e. The lowest BCUT2D eigenvalue weighted by Crippen LogP contribution is -2.29. The highest BCUT2D eigenvalue weighted by atomic mass is 19.2. The minimum absolute atomic E-state index is 0.0262. The highest BCUT2D eigenvalue weighted by molar-refractivity contribution is 5.50. The number of nitrogens with zero attached hydrogens (tertiary/aromatic N) is 2. The van der Waals surface area contributed by atoms with Crippen LogP contribution < -0.4 is 4.90 Å². The molecule has 0 aliphatic heterocycles. The summed E-state index contributed by atoms with van der Waals surface area (Å²) in [5, 5.41) is 0. The van der Waals surface area contributed by atoms with Gasteiger partial charge in [0, 0.05) is 12.6 Å². The van der Waals surface area contributed by atoms with Crippen LogP contribution in [0.3, 0.4) is 0 Å². The second-order valence-corrected chi connectivity index (χ2v) is 4.45. The Morgan fingerprint density at radius 3 is 2.11 bits per heavy atom. The summed E-state index contributed by atoms with van der Waals surface area (Å²) in [4.78, 5) is 3.98. The number of unbranched alkanes of at least 4 members (excludes halogenated alkanes) is 1. The van der Waals surface area contributed by atoms with E-state index in [9.17, 15) is 17.6 Å². The summed E-state index contributed by atoms with van der Waals surface area (Å²) in [6.45, 7) is 2.32. The Labute approximate surface area is 103 Å². The second-order valence-electron chi connectivity index (χ2n) is 4.45. The third-order valence-corrected chi connectivity index (χ3v) is 3.00. The molecule has 18 heavy (non-hydrogen) atoms. The monoisotopic (exact) mass is 262 g/mol. The van der Waals surface area contributed by atoms with Crippen LogP contribution in [0, 0.1) is 23.5 Å². The van der Waals surface area contributed by atoms with Gasteiger partial charge in [0.2, 0.25) is 11.6 Å². The van der Waals surface area contributed by atoms with Gasteiger partial charge in [-0.05, 0) is 19.3 Å². The third kappa shape index (κ3) is 2.42. The molecule has 1 aliphatic rings. The van der Waals surface area contributed by atoms with Crippen molar-refractivity contribution in [3.8, 4) is 0 Å². The van der Waals surface area contributed by atoms with Gasteiger partial charge in [0.1, 0.15) is 5.69 Å². The van der Waals surface area contributed by atoms with E-state index in [1.807, 2.05) is 6.92 Å². The molecule has 1 aromatic rings. The zero-order valence-electron chi connectivity index (χ0n) is 10.0. The number of hydrogen-bond acceptors (Lipinski definition) is 2. The lowest BCUT2D eigenvalue weighted by Gasteiger charge is -2.25. The summed E-state index contributed by atoms with van der Waals surface area (Å²) in [6, 6.07) is -0.0262. The SMILES string of the molecule is CCCCN(c1c(F)c(F)nc(F)c1F)C1CC1. The molecule has 0 saturated heterocycles. The van der Waals surface area contributed by atoms with Gasteiger partial charge in [-0.3, -0.25) is 0 Å². The number of rotatable bonds is 5. The first-order valence-corrected chi connectivity index (χ1v) is 6.02. The Bertz CT molecular complexity index is 420. The molecule has 0 N–H and O–H groups in total. The molecule has 1 aliphatic carbocycles. The zero-order chi connectivity index (χ0) is 13.3. The summed E-state index contributed by atoms with van der Waals surface area (Å²) in [7, 11) is 0. The number of aromatic nitrogens is 1. The molecule has 6 heteroatoms. The molecule has 0 aromatic carbocycles. The van der Waals surface area contributed by atoms with Gasteiger partial charge in [-0.1, -0.05) is 13.3 Å². The normalized spacial score (nSPS) is 14.9. The third-order valence-electron chi connectivity index (χ3n) is 3.00. The molecule has 1 fully saturated rings. The van der Waals surface area contributed by atoms with E-state index in [0.717, 1.165) is 19.3 Å². The average Bonchev–Trinajstić information content (AvgIpc) is 3.15. The van der Waals surface area contributed by atoms with E-state index in [4.69, 9.17) is 0 Å². The fraction of sp³-hybridized carbons (Fsp3) is 0.583. The molecule has 0 spiro atoms. The largest absolute Gasteiger partial charge is 0.364 e. The fourth-order valence-corrected chi connectivity index (χ4v) is 1.92. The highest BCUT2D eigenvalue weighted by Crippen LogP contribution is 2.35. The smallest absolute Gasteiger partial charge is 0.253 e. The first-order chi connectivity index (χ1) is 8.56. The van der Waals surface area contributed by atoms with Crippen molar-refractivity contribution >= 4 is 5.69 Å². The number of pyridine rings is 1. The summed E-state index contributed by atoms with van der Waals surface area (Å²) in [6.07, 6.45) is 3.12. The van der Waals surface area contributed by atoms with E-state index in [1.165, 1.54) is 4.90 Å². The predicted molar refractivity (Wildman–Crippen MR) is 59.3 cm³/mol. The Balaban J connectivity index is 2.39. The summed E-state index contributed by atoms with van der Waals surface area (Å²) < 4.78 is 53.4. The molecule has 0 bridgehead atoms. The number of halogens is 4. The second kappa shape index (κ2) is 5.12. The van der Waals surface area contributed by atoms with Crippen molar-refractivity contribution in [1.82, 2.24) is 4.98 Å². The van der Waals surface area contributed by atoms with Gasteiger partial charge in [0.15, 0.2) is 0 Å². The molecule has 0 unspecified atom stereocenters. The Morgan fingerprint density at radius 2 is 1.67 bits per heavy atom. The van der Waals surface area contributed by atoms with Crippen molar-refractivity contribution < 1.29 is 17.6 Å². The van der Waals surface area contributed by atoms with Crippen LogP contribution in [0.25, 0.3) is 0 Å². The lowest BCUT2D eigenvalue weighted by molar-refractivity contribution is 0.405. The molecule has 0 radical (unpaired) electrons. The van der Waals surface area contributed by atoms with Gasteiger partial charge in [-0.15, -0.1) is 0 Å². The fourth-order valence-electron chi connectivity index (χ4n) is 1.92. The van der Waals surface area contributed by atoms with Crippen LogP contribution in [0.4, 0.5) is 23.2 Å². The topological polar surface area (TPSA) is 16.1 Å². The molecule has 100 valence electrons. The van der Waals surface area contributed by atoms with E-state index in [2.05, 4.69) is 4.98 Å². The quantitative estimate of drug-likeness (QED) is 0.597. The van der Waals surface area contributed by atoms with Crippen LogP contribution in [0.15, 0.2) is 0 Å². The minimum atomic E-state index is -1.59. The molecular formula is C12H14F4N2. The van der Waals surface area contributed by atoms with Gasteiger partial charge < -0.3 is 4.90 Å². The van der Waals surface area contributed by atoms with Crippen molar-refractivity contribution in [2.24, 2.45) is 0 Å². The van der Waals surface area contributed by atoms with Gasteiger partial charge in [-0.25, -0.2) is 0 Å². The first-order valence-electron chi connectivity index (χ1n) is 6.02. The van der Waals surface area contributed by atoms with Crippen LogP contribution in [-0.2, 0) is 0 Å². The van der Waals surface area contributed by atoms with E-state index in [1.54, 1.807) is 0 Å². The van der Waals surface area contributed by atoms with Gasteiger partial charge in [0.25, 0.3) is 11.9 Å². The Kier molecular flexibility index (Phi) is 3.73. The van der Waals surface area contributed by atoms with Crippen LogP contribution in [-0.4, -0.2) is 17.6 Å². The molecule has 2 nitrogen and oxygen atoms in total. The molecule has 2 rings (SSSR count). The van der Waals surface area contributed by atoms with Gasteiger partial charge in [-0.2, -0.15) is 22.5 Å². The molecule has 0 amide bonds.